The number of allylic oxidation sites excluding steroid dienone is 2. The molecule has 2 amide bonds. The first-order valence-electron chi connectivity index (χ1n) is 10.7. The molecule has 32 heavy (non-hydrogen) atoms. The summed E-state index contributed by atoms with van der Waals surface area (Å²) in [4.78, 5) is 37.1. The lowest BCUT2D eigenvalue weighted by Gasteiger charge is -2.36. The molecule has 3 heterocycles. The van der Waals surface area contributed by atoms with Crippen LogP contribution in [-0.2, 0) is 11.4 Å². The van der Waals surface area contributed by atoms with E-state index in [0.29, 0.717) is 24.1 Å². The second-order valence-electron chi connectivity index (χ2n) is 8.06. The number of aromatic nitrogens is 2. The quantitative estimate of drug-likeness (QED) is 0.509. The first-order chi connectivity index (χ1) is 15.6. The molecule has 0 bridgehead atoms. The van der Waals surface area contributed by atoms with Crippen molar-refractivity contribution in [2.24, 2.45) is 0 Å². The molecular weight excluding hydrogens is 408 g/mol. The summed E-state index contributed by atoms with van der Waals surface area (Å²) in [5.74, 6) is -0.841. The standard InChI is InChI=1S/C24H24N4O4/c1-16(14-29)27-13-20-22(19-9-4-5-10-21(19)27)26(15-25-20)11-6-12-32-28-23(30)17-7-2-3-8-18(17)24(28)31/h2-5,7-10,13,15-16,21,29H,6,11-12,14H2,1H3. The van der Waals surface area contributed by atoms with E-state index in [4.69, 9.17) is 4.84 Å². The van der Waals surface area contributed by atoms with Crippen LogP contribution in [0.25, 0.3) is 11.8 Å². The van der Waals surface area contributed by atoms with Crippen molar-refractivity contribution in [3.8, 4) is 0 Å². The van der Waals surface area contributed by atoms with Crippen LogP contribution in [0.1, 0.15) is 34.1 Å². The highest BCUT2D eigenvalue weighted by molar-refractivity contribution is 6.20. The molecule has 1 N–H and O–H groups in total. The number of benzene rings is 1. The van der Waals surface area contributed by atoms with Crippen LogP contribution in [0.3, 0.4) is 0 Å². The maximum absolute atomic E-state index is 12.4. The van der Waals surface area contributed by atoms with Crippen molar-refractivity contribution in [2.45, 2.75) is 32.0 Å². The number of aryl methyl sites for hydroxylation is 1. The minimum Gasteiger partial charge on any atom is -0.394 e. The van der Waals surface area contributed by atoms with Crippen molar-refractivity contribution < 1.29 is 19.5 Å². The third-order valence-electron chi connectivity index (χ3n) is 6.02. The highest BCUT2D eigenvalue weighted by Gasteiger charge is 2.36. The van der Waals surface area contributed by atoms with E-state index in [-0.39, 0.29) is 25.3 Å². The Morgan fingerprint density at radius 3 is 2.62 bits per heavy atom. The first-order valence-corrected chi connectivity index (χ1v) is 10.7. The maximum Gasteiger partial charge on any atom is 0.285 e. The van der Waals surface area contributed by atoms with E-state index in [1.807, 2.05) is 25.3 Å². The van der Waals surface area contributed by atoms with Crippen LogP contribution in [0.15, 0.2) is 54.9 Å². The molecule has 5 rings (SSSR count). The summed E-state index contributed by atoms with van der Waals surface area (Å²) in [6.07, 6.45) is 12.6. The maximum atomic E-state index is 12.4. The number of nitrogens with zero attached hydrogens (tertiary/aromatic N) is 4. The SMILES string of the molecule is CC(CO)N1C=c2ncn(CCCON3C(=O)c4ccccc4C3=O)c2=C2C=CC=CC21. The molecule has 1 aromatic carbocycles. The van der Waals surface area contributed by atoms with Crippen molar-refractivity contribution >= 4 is 23.6 Å². The number of carbonyl (C=O) groups is 2. The van der Waals surface area contributed by atoms with Crippen molar-refractivity contribution in [2.75, 3.05) is 13.2 Å². The van der Waals surface area contributed by atoms with E-state index < -0.39 is 11.8 Å². The van der Waals surface area contributed by atoms with Gasteiger partial charge in [0.05, 0.1) is 42.1 Å². The molecule has 1 aliphatic carbocycles. The molecule has 3 aliphatic rings. The molecule has 2 unspecified atom stereocenters. The van der Waals surface area contributed by atoms with Crippen LogP contribution in [-0.4, -0.2) is 61.7 Å². The summed E-state index contributed by atoms with van der Waals surface area (Å²) >= 11 is 0. The number of amides is 2. The summed E-state index contributed by atoms with van der Waals surface area (Å²) in [7, 11) is 0. The van der Waals surface area contributed by atoms with Gasteiger partial charge in [-0.15, -0.1) is 5.06 Å². The molecule has 0 fully saturated rings. The van der Waals surface area contributed by atoms with Crippen molar-refractivity contribution in [1.29, 1.82) is 0 Å². The number of aliphatic hydroxyl groups is 1. The molecule has 2 aromatic rings. The van der Waals surface area contributed by atoms with Gasteiger partial charge in [0.2, 0.25) is 0 Å². The van der Waals surface area contributed by atoms with Gasteiger partial charge in [0.1, 0.15) is 5.35 Å². The monoisotopic (exact) mass is 432 g/mol. The predicted molar refractivity (Wildman–Crippen MR) is 117 cm³/mol. The molecule has 0 saturated heterocycles. The number of hydroxylamine groups is 2. The fraction of sp³-hybridized carbons (Fsp3) is 0.292. The third kappa shape index (κ3) is 3.28. The Hall–Kier alpha value is -3.49. The Bertz CT molecular complexity index is 1220. The Morgan fingerprint density at radius 1 is 1.16 bits per heavy atom. The second-order valence-corrected chi connectivity index (χ2v) is 8.06. The zero-order valence-corrected chi connectivity index (χ0v) is 17.7. The van der Waals surface area contributed by atoms with Gasteiger partial charge in [-0.05, 0) is 25.5 Å². The molecule has 1 aromatic heterocycles. The Balaban J connectivity index is 1.31. The largest absolute Gasteiger partial charge is 0.394 e. The second kappa shape index (κ2) is 8.22. The van der Waals surface area contributed by atoms with Crippen LogP contribution in [0.4, 0.5) is 0 Å². The number of aliphatic hydroxyl groups excluding tert-OH is 1. The summed E-state index contributed by atoms with van der Waals surface area (Å²) in [6.45, 7) is 2.90. The molecule has 8 heteroatoms. The van der Waals surface area contributed by atoms with Gasteiger partial charge < -0.3 is 14.6 Å². The van der Waals surface area contributed by atoms with Gasteiger partial charge >= 0.3 is 0 Å². The normalized spacial score (nSPS) is 19.7. The zero-order valence-electron chi connectivity index (χ0n) is 17.7. The van der Waals surface area contributed by atoms with E-state index in [1.165, 1.54) is 0 Å². The van der Waals surface area contributed by atoms with Gasteiger partial charge in [0, 0.05) is 24.4 Å². The molecule has 8 nitrogen and oxygen atoms in total. The van der Waals surface area contributed by atoms with Crippen molar-refractivity contribution in [3.63, 3.8) is 0 Å². The molecule has 0 spiro atoms. The van der Waals surface area contributed by atoms with Gasteiger partial charge in [0.25, 0.3) is 11.8 Å². The van der Waals surface area contributed by atoms with E-state index in [2.05, 4.69) is 26.6 Å². The van der Waals surface area contributed by atoms with E-state index >= 15 is 0 Å². The summed E-state index contributed by atoms with van der Waals surface area (Å²) in [5, 5.41) is 12.4. The number of rotatable bonds is 7. The molecular formula is C24H24N4O4. The van der Waals surface area contributed by atoms with Crippen LogP contribution in [0, 0.1) is 0 Å². The highest BCUT2D eigenvalue weighted by atomic mass is 16.7. The average Bonchev–Trinajstić information content (AvgIpc) is 3.35. The first kappa shape index (κ1) is 20.4. The average molecular weight is 432 g/mol. The van der Waals surface area contributed by atoms with Gasteiger partial charge in [-0.25, -0.2) is 4.98 Å². The van der Waals surface area contributed by atoms with Gasteiger partial charge in [0.15, 0.2) is 0 Å². The summed E-state index contributed by atoms with van der Waals surface area (Å²) in [5.41, 5.74) is 1.87. The lowest BCUT2D eigenvalue weighted by atomic mass is 9.96. The topological polar surface area (TPSA) is 87.9 Å². The lowest BCUT2D eigenvalue weighted by Crippen LogP contribution is -2.50. The number of fused-ring (bicyclic) bond motifs is 3. The molecule has 0 saturated carbocycles. The predicted octanol–water partition coefficient (Wildman–Crippen LogP) is 0.581. The Labute approximate surface area is 185 Å². The Kier molecular flexibility index (Phi) is 5.24. The van der Waals surface area contributed by atoms with Gasteiger partial charge in [-0.3, -0.25) is 14.4 Å². The summed E-state index contributed by atoms with van der Waals surface area (Å²) in [6, 6.07) is 6.74. The third-order valence-corrected chi connectivity index (χ3v) is 6.02. The molecule has 164 valence electrons. The minimum atomic E-state index is -0.421. The van der Waals surface area contributed by atoms with Crippen molar-refractivity contribution in [3.05, 3.63) is 76.7 Å². The lowest BCUT2D eigenvalue weighted by molar-refractivity contribution is -0.0926. The molecule has 0 radical (unpaired) electrons. The van der Waals surface area contributed by atoms with E-state index in [1.54, 1.807) is 30.6 Å². The van der Waals surface area contributed by atoms with Crippen LogP contribution >= 0.6 is 0 Å². The fourth-order valence-corrected chi connectivity index (χ4v) is 4.38. The number of imide groups is 1. The van der Waals surface area contributed by atoms with E-state index in [0.717, 1.165) is 21.3 Å². The highest BCUT2D eigenvalue weighted by Crippen LogP contribution is 2.23. The molecule has 2 aliphatic heterocycles. The fourth-order valence-electron chi connectivity index (χ4n) is 4.38. The summed E-state index contributed by atoms with van der Waals surface area (Å²) < 4.78 is 2.07. The van der Waals surface area contributed by atoms with Gasteiger partial charge in [-0.1, -0.05) is 36.4 Å². The van der Waals surface area contributed by atoms with E-state index in [9.17, 15) is 14.7 Å². The zero-order chi connectivity index (χ0) is 22.2. The van der Waals surface area contributed by atoms with Crippen molar-refractivity contribution in [1.82, 2.24) is 19.5 Å². The molecule has 2 atom stereocenters. The minimum absolute atomic E-state index is 0.0301. The number of hydrogen-bond acceptors (Lipinski definition) is 6. The van der Waals surface area contributed by atoms with Gasteiger partial charge in [-0.2, -0.15) is 0 Å². The van der Waals surface area contributed by atoms with Crippen LogP contribution in [0.5, 0.6) is 0 Å². The Morgan fingerprint density at radius 2 is 1.91 bits per heavy atom. The van der Waals surface area contributed by atoms with Crippen LogP contribution in [0.2, 0.25) is 0 Å². The number of carbonyl (C=O) groups excluding carboxylic acids is 2. The number of hydrogen-bond donors (Lipinski definition) is 1. The number of imidazole rings is 1. The van der Waals surface area contributed by atoms with Crippen LogP contribution < -0.4 is 10.7 Å². The smallest absolute Gasteiger partial charge is 0.285 e.